The van der Waals surface area contributed by atoms with Gasteiger partial charge < -0.3 is 13.5 Å². The molecule has 0 fully saturated rings. The Bertz CT molecular complexity index is 3280. The lowest BCUT2D eigenvalue weighted by molar-refractivity contribution is 1.18. The third-order valence-electron chi connectivity index (χ3n) is 11.2. The molecule has 0 N–H and O–H groups in total. The van der Waals surface area contributed by atoms with Gasteiger partial charge in [0.25, 0.3) is 0 Å². The fourth-order valence-electron chi connectivity index (χ4n) is 9.04. The molecule has 51 heavy (non-hydrogen) atoms. The van der Waals surface area contributed by atoms with Crippen LogP contribution in [0.1, 0.15) is 0 Å². The van der Waals surface area contributed by atoms with E-state index in [2.05, 4.69) is 189 Å². The second-order valence-electron chi connectivity index (χ2n) is 13.7. The first-order valence-electron chi connectivity index (χ1n) is 17.6. The Hall–Kier alpha value is -6.84. The van der Waals surface area contributed by atoms with Gasteiger partial charge in [0, 0.05) is 43.7 Å². The van der Waals surface area contributed by atoms with Gasteiger partial charge in [-0.3, -0.25) is 0 Å². The highest BCUT2D eigenvalue weighted by Gasteiger charge is 2.24. The lowest BCUT2D eigenvalue weighted by Gasteiger charge is -2.11. The molecule has 3 nitrogen and oxygen atoms in total. The second kappa shape index (κ2) is 9.87. The van der Waals surface area contributed by atoms with Crippen molar-refractivity contribution in [3.8, 4) is 22.5 Å². The molecule has 12 rings (SSSR count). The number of para-hydroxylation sites is 4. The molecular formula is C48H29N3. The van der Waals surface area contributed by atoms with Gasteiger partial charge in [0.2, 0.25) is 0 Å². The molecule has 0 aliphatic carbocycles. The van der Waals surface area contributed by atoms with E-state index in [1.807, 2.05) is 0 Å². The molecular weight excluding hydrogens is 619 g/mol. The molecule has 0 bridgehead atoms. The maximum atomic E-state index is 2.51. The standard InChI is InChI=1S/C48H29N3/c1-5-16-40-35(11-1)36-12-2-6-17-41(36)49(40)33-25-20-30(21-26-33)31-22-27-34(28-23-31)50-44-29-24-32-10-9-15-38-37-13-3-7-18-42(37)51-43-19-8-4-14-39(43)47(50)48(51)46(44)45(32)38/h1-29H. The molecule has 0 saturated carbocycles. The van der Waals surface area contributed by atoms with E-state index in [1.54, 1.807) is 0 Å². The zero-order chi connectivity index (χ0) is 33.2. The van der Waals surface area contributed by atoms with Crippen LogP contribution in [0.2, 0.25) is 0 Å². The molecule has 0 spiro atoms. The van der Waals surface area contributed by atoms with Crippen molar-refractivity contribution in [1.82, 2.24) is 13.5 Å². The average molecular weight is 648 g/mol. The molecule has 0 atom stereocenters. The second-order valence-corrected chi connectivity index (χ2v) is 13.7. The Morgan fingerprint density at radius 2 is 0.765 bits per heavy atom. The van der Waals surface area contributed by atoms with Crippen LogP contribution in [0, 0.1) is 0 Å². The number of hydrogen-bond donors (Lipinski definition) is 0. The van der Waals surface area contributed by atoms with Crippen LogP contribution in [0.3, 0.4) is 0 Å². The van der Waals surface area contributed by atoms with Crippen LogP contribution < -0.4 is 0 Å². The Morgan fingerprint density at radius 3 is 1.39 bits per heavy atom. The molecule has 0 amide bonds. The van der Waals surface area contributed by atoms with Crippen molar-refractivity contribution < 1.29 is 0 Å². The van der Waals surface area contributed by atoms with Crippen molar-refractivity contribution in [2.24, 2.45) is 0 Å². The van der Waals surface area contributed by atoms with Gasteiger partial charge in [-0.1, -0.05) is 121 Å². The lowest BCUT2D eigenvalue weighted by atomic mass is 10.0. The summed E-state index contributed by atoms with van der Waals surface area (Å²) in [5.74, 6) is 0. The van der Waals surface area contributed by atoms with E-state index in [0.717, 1.165) is 5.69 Å². The maximum absolute atomic E-state index is 2.51. The van der Waals surface area contributed by atoms with Crippen molar-refractivity contribution in [2.75, 3.05) is 0 Å². The summed E-state index contributed by atoms with van der Waals surface area (Å²) >= 11 is 0. The highest BCUT2D eigenvalue weighted by atomic mass is 15.0. The first-order valence-corrected chi connectivity index (χ1v) is 17.6. The minimum absolute atomic E-state index is 1.16. The van der Waals surface area contributed by atoms with Crippen LogP contribution in [0.15, 0.2) is 176 Å². The largest absolute Gasteiger partial charge is 0.309 e. The van der Waals surface area contributed by atoms with Crippen LogP contribution in [0.25, 0.3) is 104 Å². The molecule has 12 aromatic rings. The SMILES string of the molecule is c1cc2ccc3c4c2c(c1)c1ccccc1n1c2ccccc2c(c41)n3-c1ccc(-c2ccc(-n3c4ccccc4c4ccccc43)cc2)cc1. The normalized spacial score (nSPS) is 12.3. The van der Waals surface area contributed by atoms with Gasteiger partial charge in [-0.15, -0.1) is 0 Å². The van der Waals surface area contributed by atoms with Gasteiger partial charge in [-0.05, 0) is 76.5 Å². The molecule has 0 saturated heterocycles. The van der Waals surface area contributed by atoms with E-state index in [9.17, 15) is 0 Å². The van der Waals surface area contributed by atoms with Crippen molar-refractivity contribution in [2.45, 2.75) is 0 Å². The van der Waals surface area contributed by atoms with E-state index in [-0.39, 0.29) is 0 Å². The summed E-state index contributed by atoms with van der Waals surface area (Å²) in [5.41, 5.74) is 13.4. The summed E-state index contributed by atoms with van der Waals surface area (Å²) in [7, 11) is 0. The Kier molecular flexibility index (Phi) is 5.23. The Balaban J connectivity index is 1.06. The molecule has 0 aliphatic rings. The summed E-state index contributed by atoms with van der Waals surface area (Å²) in [5, 5.41) is 10.3. The summed E-state index contributed by atoms with van der Waals surface area (Å²) in [6.07, 6.45) is 0. The van der Waals surface area contributed by atoms with Crippen molar-refractivity contribution in [3.63, 3.8) is 0 Å². The van der Waals surface area contributed by atoms with Crippen molar-refractivity contribution >= 4 is 81.7 Å². The van der Waals surface area contributed by atoms with Gasteiger partial charge >= 0.3 is 0 Å². The van der Waals surface area contributed by atoms with Crippen LogP contribution >= 0.6 is 0 Å². The minimum Gasteiger partial charge on any atom is -0.309 e. The van der Waals surface area contributed by atoms with E-state index < -0.39 is 0 Å². The van der Waals surface area contributed by atoms with Gasteiger partial charge in [0.15, 0.2) is 0 Å². The van der Waals surface area contributed by atoms with Crippen molar-refractivity contribution in [3.05, 3.63) is 176 Å². The molecule has 236 valence electrons. The summed E-state index contributed by atoms with van der Waals surface area (Å²) in [4.78, 5) is 0. The quantitative estimate of drug-likeness (QED) is 0.181. The zero-order valence-corrected chi connectivity index (χ0v) is 27.6. The first kappa shape index (κ1) is 27.0. The topological polar surface area (TPSA) is 14.3 Å². The lowest BCUT2D eigenvalue weighted by Crippen LogP contribution is -1.95. The van der Waals surface area contributed by atoms with E-state index in [0.29, 0.717) is 0 Å². The van der Waals surface area contributed by atoms with Crippen LogP contribution in [-0.4, -0.2) is 13.5 Å². The minimum atomic E-state index is 1.16. The number of aromatic nitrogens is 3. The number of fused-ring (bicyclic) bond motifs is 9. The van der Waals surface area contributed by atoms with E-state index >= 15 is 0 Å². The van der Waals surface area contributed by atoms with Gasteiger partial charge in [0.1, 0.15) is 0 Å². The van der Waals surface area contributed by atoms with Crippen LogP contribution in [-0.2, 0) is 0 Å². The fraction of sp³-hybridized carbons (Fsp3) is 0. The average Bonchev–Trinajstić information content (AvgIpc) is 3.80. The molecule has 8 aromatic carbocycles. The van der Waals surface area contributed by atoms with Crippen LogP contribution in [0.4, 0.5) is 0 Å². The number of rotatable bonds is 3. The molecule has 4 aromatic heterocycles. The monoisotopic (exact) mass is 647 g/mol. The highest BCUT2D eigenvalue weighted by Crippen LogP contribution is 2.45. The molecule has 3 heteroatoms. The predicted octanol–water partition coefficient (Wildman–Crippen LogP) is 12.7. The number of benzene rings is 8. The van der Waals surface area contributed by atoms with E-state index in [4.69, 9.17) is 0 Å². The van der Waals surface area contributed by atoms with Gasteiger partial charge in [-0.25, -0.2) is 0 Å². The van der Waals surface area contributed by atoms with E-state index in [1.165, 1.54) is 98.5 Å². The summed E-state index contributed by atoms with van der Waals surface area (Å²) in [6.45, 7) is 0. The predicted molar refractivity (Wildman–Crippen MR) is 215 cm³/mol. The highest BCUT2D eigenvalue weighted by molar-refractivity contribution is 6.33. The first-order chi connectivity index (χ1) is 25.3. The molecule has 4 heterocycles. The molecule has 0 radical (unpaired) electrons. The van der Waals surface area contributed by atoms with Gasteiger partial charge in [-0.2, -0.15) is 0 Å². The Morgan fingerprint density at radius 1 is 0.275 bits per heavy atom. The zero-order valence-electron chi connectivity index (χ0n) is 27.6. The third kappa shape index (κ3) is 3.52. The summed E-state index contributed by atoms with van der Waals surface area (Å²) in [6, 6.07) is 64.6. The molecule has 0 unspecified atom stereocenters. The number of nitrogens with zero attached hydrogens (tertiary/aromatic N) is 3. The fourth-order valence-corrected chi connectivity index (χ4v) is 9.04. The maximum Gasteiger partial charge on any atom is 0.0810 e. The third-order valence-corrected chi connectivity index (χ3v) is 11.2. The Labute approximate surface area is 292 Å². The number of hydrogen-bond acceptors (Lipinski definition) is 0. The molecule has 0 aliphatic heterocycles. The van der Waals surface area contributed by atoms with Crippen molar-refractivity contribution in [1.29, 1.82) is 0 Å². The van der Waals surface area contributed by atoms with Crippen LogP contribution in [0.5, 0.6) is 0 Å². The summed E-state index contributed by atoms with van der Waals surface area (Å²) < 4.78 is 7.37. The smallest absolute Gasteiger partial charge is 0.0810 e. The van der Waals surface area contributed by atoms with Gasteiger partial charge in [0.05, 0.1) is 38.6 Å².